The fourth-order valence-electron chi connectivity index (χ4n) is 2.23. The summed E-state index contributed by atoms with van der Waals surface area (Å²) in [6.07, 6.45) is 1.65. The number of pyridine rings is 1. The number of aromatic nitrogens is 1. The van der Waals surface area contributed by atoms with E-state index in [1.54, 1.807) is 19.4 Å². The lowest BCUT2D eigenvalue weighted by Crippen LogP contribution is -2.15. The van der Waals surface area contributed by atoms with E-state index in [4.69, 9.17) is 4.74 Å². The van der Waals surface area contributed by atoms with Crippen LogP contribution in [0.2, 0.25) is 0 Å². The lowest BCUT2D eigenvalue weighted by molar-refractivity contribution is 0.102. The number of anilines is 2. The van der Waals surface area contributed by atoms with E-state index >= 15 is 0 Å². The Balaban J connectivity index is 2.04. The molecule has 5 nitrogen and oxygen atoms in total. The molecule has 1 aromatic heterocycles. The summed E-state index contributed by atoms with van der Waals surface area (Å²) in [7, 11) is 1.66. The van der Waals surface area contributed by atoms with Crippen molar-refractivity contribution in [3.05, 3.63) is 53.9 Å². The first-order valence-corrected chi connectivity index (χ1v) is 7.71. The van der Waals surface area contributed by atoms with Gasteiger partial charge in [0, 0.05) is 19.3 Å². The topological polar surface area (TPSA) is 63.2 Å². The van der Waals surface area contributed by atoms with Crippen LogP contribution in [-0.4, -0.2) is 31.2 Å². The number of carbonyl (C=O) groups excluding carboxylic acids is 1. The molecule has 0 radical (unpaired) electrons. The van der Waals surface area contributed by atoms with Crippen molar-refractivity contribution in [2.75, 3.05) is 30.9 Å². The predicted octanol–water partition coefficient (Wildman–Crippen LogP) is 3.52. The fourth-order valence-corrected chi connectivity index (χ4v) is 2.23. The molecule has 2 aromatic rings. The highest BCUT2D eigenvalue weighted by molar-refractivity contribution is 6.03. The van der Waals surface area contributed by atoms with Gasteiger partial charge >= 0.3 is 0 Å². The zero-order valence-electron chi connectivity index (χ0n) is 13.8. The molecule has 1 aromatic carbocycles. The Hall–Kier alpha value is -2.40. The second kappa shape index (κ2) is 8.29. The van der Waals surface area contributed by atoms with E-state index < -0.39 is 0 Å². The van der Waals surface area contributed by atoms with Crippen LogP contribution in [0.4, 0.5) is 11.4 Å². The van der Waals surface area contributed by atoms with Gasteiger partial charge in [0.2, 0.25) is 0 Å². The standard InChI is InChI=1S/C18H23N3O2/c1-13(2)15-6-4-5-7-16(15)21-18(22)17-9-8-14(12-20-17)19-10-11-23-3/h4-9,12-13,19H,10-11H2,1-3H3,(H,21,22). The Morgan fingerprint density at radius 1 is 1.22 bits per heavy atom. The number of rotatable bonds is 7. The summed E-state index contributed by atoms with van der Waals surface area (Å²) >= 11 is 0. The molecule has 23 heavy (non-hydrogen) atoms. The number of nitrogens with zero attached hydrogens (tertiary/aromatic N) is 1. The molecule has 0 saturated carbocycles. The highest BCUT2D eigenvalue weighted by Crippen LogP contribution is 2.24. The Labute approximate surface area is 137 Å². The van der Waals surface area contributed by atoms with E-state index in [2.05, 4.69) is 29.5 Å². The maximum atomic E-state index is 12.3. The molecule has 122 valence electrons. The fraction of sp³-hybridized carbons (Fsp3) is 0.333. The van der Waals surface area contributed by atoms with Crippen LogP contribution in [0.25, 0.3) is 0 Å². The Kier molecular flexibility index (Phi) is 6.11. The quantitative estimate of drug-likeness (QED) is 0.768. The lowest BCUT2D eigenvalue weighted by Gasteiger charge is -2.13. The third-order valence-corrected chi connectivity index (χ3v) is 3.46. The molecule has 2 N–H and O–H groups in total. The molecule has 0 aliphatic rings. The number of amides is 1. The van der Waals surface area contributed by atoms with Crippen molar-refractivity contribution in [2.24, 2.45) is 0 Å². The highest BCUT2D eigenvalue weighted by Gasteiger charge is 2.11. The zero-order valence-corrected chi connectivity index (χ0v) is 13.8. The first-order chi connectivity index (χ1) is 11.1. The van der Waals surface area contributed by atoms with E-state index in [0.717, 1.165) is 16.9 Å². The van der Waals surface area contributed by atoms with Gasteiger partial charge in [-0.05, 0) is 29.7 Å². The number of carbonyl (C=O) groups is 1. The van der Waals surface area contributed by atoms with Crippen molar-refractivity contribution in [1.82, 2.24) is 4.98 Å². The van der Waals surface area contributed by atoms with Crippen LogP contribution >= 0.6 is 0 Å². The summed E-state index contributed by atoms with van der Waals surface area (Å²) in [5, 5.41) is 6.10. The molecule has 0 atom stereocenters. The normalized spacial score (nSPS) is 10.6. The maximum absolute atomic E-state index is 12.3. The van der Waals surface area contributed by atoms with Crippen molar-refractivity contribution >= 4 is 17.3 Å². The average Bonchev–Trinajstić information content (AvgIpc) is 2.56. The monoisotopic (exact) mass is 313 g/mol. The smallest absolute Gasteiger partial charge is 0.274 e. The molecule has 0 unspecified atom stereocenters. The molecule has 0 aliphatic heterocycles. The molecular weight excluding hydrogens is 290 g/mol. The van der Waals surface area contributed by atoms with Gasteiger partial charge in [0.25, 0.3) is 5.91 Å². The largest absolute Gasteiger partial charge is 0.383 e. The van der Waals surface area contributed by atoms with Crippen molar-refractivity contribution in [2.45, 2.75) is 19.8 Å². The lowest BCUT2D eigenvalue weighted by atomic mass is 10.0. The summed E-state index contributed by atoms with van der Waals surface area (Å²) in [5.74, 6) is 0.133. The van der Waals surface area contributed by atoms with Gasteiger partial charge in [-0.1, -0.05) is 32.0 Å². The Morgan fingerprint density at radius 2 is 2.00 bits per heavy atom. The Bertz CT molecular complexity index is 639. The van der Waals surface area contributed by atoms with Crippen LogP contribution in [0.5, 0.6) is 0 Å². The van der Waals surface area contributed by atoms with Gasteiger partial charge in [-0.25, -0.2) is 4.98 Å². The van der Waals surface area contributed by atoms with Crippen molar-refractivity contribution in [1.29, 1.82) is 0 Å². The van der Waals surface area contributed by atoms with Gasteiger partial charge in [-0.3, -0.25) is 4.79 Å². The predicted molar refractivity (Wildman–Crippen MR) is 93.1 cm³/mol. The third kappa shape index (κ3) is 4.79. The molecule has 2 rings (SSSR count). The summed E-state index contributed by atoms with van der Waals surface area (Å²) in [4.78, 5) is 16.6. The minimum Gasteiger partial charge on any atom is -0.383 e. The number of para-hydroxylation sites is 1. The van der Waals surface area contributed by atoms with Gasteiger partial charge < -0.3 is 15.4 Å². The molecular formula is C18H23N3O2. The van der Waals surface area contributed by atoms with Gasteiger partial charge in [0.1, 0.15) is 5.69 Å². The van der Waals surface area contributed by atoms with Crippen molar-refractivity contribution in [3.63, 3.8) is 0 Å². The molecule has 1 amide bonds. The Morgan fingerprint density at radius 3 is 2.65 bits per heavy atom. The number of nitrogens with one attached hydrogen (secondary N) is 2. The van der Waals surface area contributed by atoms with E-state index in [-0.39, 0.29) is 5.91 Å². The summed E-state index contributed by atoms with van der Waals surface area (Å²) in [6, 6.07) is 11.4. The summed E-state index contributed by atoms with van der Waals surface area (Å²) in [6.45, 7) is 5.52. The van der Waals surface area contributed by atoms with Crippen LogP contribution in [0.3, 0.4) is 0 Å². The van der Waals surface area contributed by atoms with Crippen LogP contribution in [0.15, 0.2) is 42.6 Å². The van der Waals surface area contributed by atoms with Crippen LogP contribution in [0, 0.1) is 0 Å². The van der Waals surface area contributed by atoms with E-state index in [1.165, 1.54) is 0 Å². The second-order valence-corrected chi connectivity index (χ2v) is 5.55. The molecule has 1 heterocycles. The number of hydrogen-bond acceptors (Lipinski definition) is 4. The first kappa shape index (κ1) is 17.0. The SMILES string of the molecule is COCCNc1ccc(C(=O)Nc2ccccc2C(C)C)nc1. The van der Waals surface area contributed by atoms with E-state index in [1.807, 2.05) is 30.3 Å². The van der Waals surface area contributed by atoms with Gasteiger partial charge in [-0.15, -0.1) is 0 Å². The number of hydrogen-bond donors (Lipinski definition) is 2. The average molecular weight is 313 g/mol. The summed E-state index contributed by atoms with van der Waals surface area (Å²) < 4.78 is 4.98. The molecule has 0 fully saturated rings. The first-order valence-electron chi connectivity index (χ1n) is 7.71. The van der Waals surface area contributed by atoms with Crippen molar-refractivity contribution < 1.29 is 9.53 Å². The van der Waals surface area contributed by atoms with E-state index in [9.17, 15) is 4.79 Å². The minimum absolute atomic E-state index is 0.207. The summed E-state index contributed by atoms with van der Waals surface area (Å²) in [5.41, 5.74) is 3.19. The van der Waals surface area contributed by atoms with Gasteiger partial charge in [0.15, 0.2) is 0 Å². The second-order valence-electron chi connectivity index (χ2n) is 5.55. The van der Waals surface area contributed by atoms with Gasteiger partial charge in [-0.2, -0.15) is 0 Å². The number of methoxy groups -OCH3 is 1. The molecule has 0 spiro atoms. The maximum Gasteiger partial charge on any atom is 0.274 e. The minimum atomic E-state index is -0.207. The number of ether oxygens (including phenoxy) is 1. The molecule has 0 aliphatic carbocycles. The van der Waals surface area contributed by atoms with Crippen LogP contribution in [-0.2, 0) is 4.74 Å². The highest BCUT2D eigenvalue weighted by atomic mass is 16.5. The molecule has 0 bridgehead atoms. The zero-order chi connectivity index (χ0) is 16.7. The van der Waals surface area contributed by atoms with Gasteiger partial charge in [0.05, 0.1) is 18.5 Å². The molecule has 5 heteroatoms. The van der Waals surface area contributed by atoms with Crippen LogP contribution in [0.1, 0.15) is 35.8 Å². The van der Waals surface area contributed by atoms with Crippen molar-refractivity contribution in [3.8, 4) is 0 Å². The van der Waals surface area contributed by atoms with E-state index in [0.29, 0.717) is 24.8 Å². The number of benzene rings is 1. The molecule has 0 saturated heterocycles. The van der Waals surface area contributed by atoms with Crippen LogP contribution < -0.4 is 10.6 Å². The third-order valence-electron chi connectivity index (χ3n) is 3.46.